The molecular weight excluding hydrogens is 436 g/mol. The Bertz CT molecular complexity index is 1330. The minimum absolute atomic E-state index is 0.151. The third-order valence-corrected chi connectivity index (χ3v) is 5.71. The van der Waals surface area contributed by atoms with Gasteiger partial charge in [-0.05, 0) is 53.6 Å². The zero-order valence-corrected chi connectivity index (χ0v) is 18.8. The van der Waals surface area contributed by atoms with E-state index in [0.717, 1.165) is 11.1 Å². The van der Waals surface area contributed by atoms with E-state index in [1.54, 1.807) is 49.8 Å². The lowest BCUT2D eigenvalue weighted by Crippen LogP contribution is -2.23. The largest absolute Gasteiger partial charge is 0.497 e. The Morgan fingerprint density at radius 3 is 2.64 bits per heavy atom. The molecule has 2 aromatic heterocycles. The number of nitrogens with one attached hydrogen (secondary N) is 1. The Balaban J connectivity index is 1.48. The molecule has 0 aliphatic rings. The van der Waals surface area contributed by atoms with Crippen molar-refractivity contribution in [3.63, 3.8) is 0 Å². The number of hydrogen-bond acceptors (Lipinski definition) is 5. The quantitative estimate of drug-likeness (QED) is 0.458. The van der Waals surface area contributed by atoms with E-state index in [1.807, 2.05) is 46.5 Å². The number of nitrogens with zero attached hydrogens (tertiary/aromatic N) is 3. The third-order valence-electron chi connectivity index (χ3n) is 4.92. The van der Waals surface area contributed by atoms with Gasteiger partial charge >= 0.3 is 0 Å². The Hall–Kier alpha value is -4.04. The second-order valence-corrected chi connectivity index (χ2v) is 8.07. The van der Waals surface area contributed by atoms with E-state index < -0.39 is 0 Å². The number of aromatic nitrogens is 2. The van der Waals surface area contributed by atoms with E-state index in [0.29, 0.717) is 34.8 Å². The van der Waals surface area contributed by atoms with Crippen LogP contribution in [0.4, 0.5) is 0 Å². The molecule has 0 unspecified atom stereocenters. The molecule has 0 saturated heterocycles. The van der Waals surface area contributed by atoms with Crippen molar-refractivity contribution in [2.75, 3.05) is 7.11 Å². The van der Waals surface area contributed by atoms with Gasteiger partial charge < -0.3 is 14.6 Å². The highest BCUT2D eigenvalue weighted by molar-refractivity contribution is 7.07. The van der Waals surface area contributed by atoms with E-state index >= 15 is 0 Å². The Kier molecular flexibility index (Phi) is 7.06. The summed E-state index contributed by atoms with van der Waals surface area (Å²) < 4.78 is 7.07. The van der Waals surface area contributed by atoms with Gasteiger partial charge in [0.25, 0.3) is 11.8 Å². The van der Waals surface area contributed by atoms with Crippen LogP contribution in [0.15, 0.2) is 89.6 Å². The highest BCUT2D eigenvalue weighted by atomic mass is 32.1. The summed E-state index contributed by atoms with van der Waals surface area (Å²) >= 11 is 1.38. The van der Waals surface area contributed by atoms with Gasteiger partial charge in [-0.25, -0.2) is 0 Å². The monoisotopic (exact) mass is 458 g/mol. The molecule has 1 N–H and O–H groups in total. The molecule has 33 heavy (non-hydrogen) atoms. The molecule has 0 aliphatic carbocycles. The third kappa shape index (κ3) is 5.81. The zero-order valence-electron chi connectivity index (χ0n) is 18.0. The molecule has 0 atom stereocenters. The van der Waals surface area contributed by atoms with Crippen molar-refractivity contribution in [1.29, 1.82) is 0 Å². The molecule has 8 heteroatoms. The lowest BCUT2D eigenvalue weighted by molar-refractivity contribution is 0.0949. The summed E-state index contributed by atoms with van der Waals surface area (Å²) in [4.78, 5) is 34.1. The molecular formula is C25H22N4O3S. The lowest BCUT2D eigenvalue weighted by atomic mass is 10.1. The van der Waals surface area contributed by atoms with E-state index in [4.69, 9.17) is 4.74 Å². The Morgan fingerprint density at radius 2 is 1.82 bits per heavy atom. The Labute approximate surface area is 195 Å². The summed E-state index contributed by atoms with van der Waals surface area (Å²) in [6.45, 7) is 0.916. The number of amides is 2. The van der Waals surface area contributed by atoms with Crippen molar-refractivity contribution in [1.82, 2.24) is 14.9 Å². The highest BCUT2D eigenvalue weighted by Crippen LogP contribution is 2.13. The summed E-state index contributed by atoms with van der Waals surface area (Å²) in [5.41, 5.74) is 2.95. The van der Waals surface area contributed by atoms with Gasteiger partial charge in [-0.1, -0.05) is 18.2 Å². The molecule has 0 fully saturated rings. The van der Waals surface area contributed by atoms with Gasteiger partial charge in [0, 0.05) is 48.2 Å². The number of hydrogen-bond donors (Lipinski definition) is 1. The zero-order chi connectivity index (χ0) is 23.0. The fourth-order valence-corrected chi connectivity index (χ4v) is 3.93. The number of thiazole rings is 1. The smallest absolute Gasteiger partial charge is 0.279 e. The van der Waals surface area contributed by atoms with Crippen LogP contribution in [0.5, 0.6) is 5.75 Å². The van der Waals surface area contributed by atoms with Crippen molar-refractivity contribution >= 4 is 23.2 Å². The molecule has 7 nitrogen and oxygen atoms in total. The number of ether oxygens (including phenoxy) is 1. The van der Waals surface area contributed by atoms with Crippen molar-refractivity contribution < 1.29 is 14.3 Å². The van der Waals surface area contributed by atoms with Crippen LogP contribution in [0.2, 0.25) is 0 Å². The maximum atomic E-state index is 12.6. The lowest BCUT2D eigenvalue weighted by Gasteiger charge is -2.08. The number of carbonyl (C=O) groups excluding carboxylic acids is 2. The maximum Gasteiger partial charge on any atom is 0.279 e. The van der Waals surface area contributed by atoms with Crippen LogP contribution >= 0.6 is 11.3 Å². The average Bonchev–Trinajstić information content (AvgIpc) is 3.29. The fourth-order valence-electron chi connectivity index (χ4n) is 3.21. The second-order valence-electron chi connectivity index (χ2n) is 7.20. The van der Waals surface area contributed by atoms with Crippen molar-refractivity contribution in [2.45, 2.75) is 13.1 Å². The molecule has 2 aromatic carbocycles. The number of carbonyl (C=O) groups is 2. The van der Waals surface area contributed by atoms with Crippen LogP contribution in [-0.2, 0) is 13.1 Å². The van der Waals surface area contributed by atoms with Crippen LogP contribution in [0, 0.1) is 0 Å². The number of methoxy groups -OCH3 is 1. The highest BCUT2D eigenvalue weighted by Gasteiger charge is 2.09. The normalized spacial score (nSPS) is 11.2. The molecule has 0 aliphatic heterocycles. The van der Waals surface area contributed by atoms with E-state index in [1.165, 1.54) is 11.3 Å². The first-order valence-corrected chi connectivity index (χ1v) is 11.1. The number of pyridine rings is 1. The maximum absolute atomic E-state index is 12.6. The van der Waals surface area contributed by atoms with Gasteiger partial charge in [-0.2, -0.15) is 4.99 Å². The first-order valence-electron chi connectivity index (χ1n) is 10.3. The molecule has 0 spiro atoms. The minimum Gasteiger partial charge on any atom is -0.497 e. The first-order chi connectivity index (χ1) is 16.1. The second kappa shape index (κ2) is 10.5. The summed E-state index contributed by atoms with van der Waals surface area (Å²) in [6, 6.07) is 18.1. The van der Waals surface area contributed by atoms with Crippen LogP contribution in [-0.4, -0.2) is 28.5 Å². The van der Waals surface area contributed by atoms with Crippen LogP contribution in [0.3, 0.4) is 0 Å². The molecule has 0 radical (unpaired) electrons. The number of benzene rings is 2. The van der Waals surface area contributed by atoms with E-state index in [9.17, 15) is 9.59 Å². The molecule has 4 aromatic rings. The summed E-state index contributed by atoms with van der Waals surface area (Å²) in [5.74, 6) is 0.116. The molecule has 0 bridgehead atoms. The molecule has 4 rings (SSSR count). The predicted octanol–water partition coefficient (Wildman–Crippen LogP) is 3.67. The fraction of sp³-hybridized carbons (Fsp3) is 0.120. The molecule has 0 saturated carbocycles. The number of rotatable bonds is 7. The molecule has 2 heterocycles. The van der Waals surface area contributed by atoms with Gasteiger partial charge in [0.05, 0.1) is 7.11 Å². The first kappa shape index (κ1) is 22.2. The summed E-state index contributed by atoms with van der Waals surface area (Å²) in [6.07, 6.45) is 5.27. The van der Waals surface area contributed by atoms with E-state index in [-0.39, 0.29) is 11.8 Å². The molecule has 2 amide bonds. The topological polar surface area (TPSA) is 85.6 Å². The minimum atomic E-state index is -0.339. The van der Waals surface area contributed by atoms with Gasteiger partial charge in [0.15, 0.2) is 4.80 Å². The van der Waals surface area contributed by atoms with Crippen molar-refractivity contribution in [2.24, 2.45) is 4.99 Å². The van der Waals surface area contributed by atoms with Crippen LogP contribution < -0.4 is 14.9 Å². The van der Waals surface area contributed by atoms with E-state index in [2.05, 4.69) is 15.3 Å². The predicted molar refractivity (Wildman–Crippen MR) is 126 cm³/mol. The van der Waals surface area contributed by atoms with Gasteiger partial charge in [-0.15, -0.1) is 11.3 Å². The standard InChI is InChI=1S/C25H22N4O3S/c1-32-22-7-3-6-21(15-22)24(31)28-25-29(12-13-33-25)17-19-4-2-5-20(14-19)23(30)27-16-18-8-10-26-11-9-18/h2-15H,16-17H2,1H3,(H,27,30). The average molecular weight is 459 g/mol. The molecule has 166 valence electrons. The summed E-state index contributed by atoms with van der Waals surface area (Å²) in [5, 5.41) is 4.80. The van der Waals surface area contributed by atoms with Gasteiger partial charge in [0.1, 0.15) is 5.75 Å². The summed E-state index contributed by atoms with van der Waals surface area (Å²) in [7, 11) is 1.56. The van der Waals surface area contributed by atoms with Gasteiger partial charge in [-0.3, -0.25) is 14.6 Å². The van der Waals surface area contributed by atoms with Crippen molar-refractivity contribution in [3.05, 3.63) is 112 Å². The van der Waals surface area contributed by atoms with Crippen LogP contribution in [0.25, 0.3) is 0 Å². The SMILES string of the molecule is COc1cccc(C(=O)N=c2sccn2Cc2cccc(C(=O)NCc3ccncc3)c2)c1. The van der Waals surface area contributed by atoms with Crippen molar-refractivity contribution in [3.8, 4) is 5.75 Å². The van der Waals surface area contributed by atoms with Crippen LogP contribution in [0.1, 0.15) is 31.8 Å². The van der Waals surface area contributed by atoms with Gasteiger partial charge in [0.2, 0.25) is 0 Å². The Morgan fingerprint density at radius 1 is 1.03 bits per heavy atom.